The summed E-state index contributed by atoms with van der Waals surface area (Å²) >= 11 is 0. The van der Waals surface area contributed by atoms with Gasteiger partial charge in [-0.15, -0.1) is 0 Å². The van der Waals surface area contributed by atoms with Crippen molar-refractivity contribution in [3.63, 3.8) is 0 Å². The number of rotatable bonds is 2. The molecule has 0 radical (unpaired) electrons. The van der Waals surface area contributed by atoms with Crippen LogP contribution in [0.3, 0.4) is 0 Å². The smallest absolute Gasteiger partial charge is 0.172 e. The van der Waals surface area contributed by atoms with E-state index in [9.17, 15) is 10.2 Å². The Kier molecular flexibility index (Phi) is 3.42. The maximum absolute atomic E-state index is 9.43. The lowest BCUT2D eigenvalue weighted by Crippen LogP contribution is -2.55. The predicted octanol–water partition coefficient (Wildman–Crippen LogP) is -1.97. The van der Waals surface area contributed by atoms with E-state index in [1.807, 2.05) is 0 Å². The number of nitrogens with one attached hydrogen (secondary N) is 1. The Morgan fingerprint density at radius 3 is 2.58 bits per heavy atom. The molecule has 0 amide bonds. The fraction of sp³-hybridized carbons (Fsp3) is 1.00. The normalized spacial score (nSPS) is 43.0. The van der Waals surface area contributed by atoms with Crippen LogP contribution in [-0.4, -0.2) is 53.5 Å². The molecular formula is C7H15NO4. The molecule has 0 spiro atoms. The summed E-state index contributed by atoms with van der Waals surface area (Å²) < 4.78 is 4.99. The van der Waals surface area contributed by atoms with E-state index in [0.717, 1.165) is 0 Å². The van der Waals surface area contributed by atoms with Crippen molar-refractivity contribution in [3.05, 3.63) is 0 Å². The van der Waals surface area contributed by atoms with Gasteiger partial charge < -0.3 is 25.4 Å². The molecule has 4 N–H and O–H groups in total. The number of aliphatic hydroxyl groups excluding tert-OH is 3. The van der Waals surface area contributed by atoms with Gasteiger partial charge in [0, 0.05) is 6.42 Å². The minimum absolute atomic E-state index is 0.176. The highest BCUT2D eigenvalue weighted by atomic mass is 16.6. The van der Waals surface area contributed by atoms with Crippen LogP contribution in [0.5, 0.6) is 0 Å². The summed E-state index contributed by atoms with van der Waals surface area (Å²) in [6.45, 7) is -0.176. The second-order valence-electron chi connectivity index (χ2n) is 2.95. The minimum atomic E-state index is -1.05. The SMILES string of the molecule is CNC1C(O)CC(CO)OC1O. The molecule has 4 unspecified atom stereocenters. The zero-order valence-corrected chi connectivity index (χ0v) is 6.97. The molecule has 4 atom stereocenters. The third-order valence-corrected chi connectivity index (χ3v) is 2.09. The zero-order chi connectivity index (χ0) is 9.14. The maximum Gasteiger partial charge on any atom is 0.172 e. The lowest BCUT2D eigenvalue weighted by Gasteiger charge is -2.36. The van der Waals surface area contributed by atoms with Crippen molar-refractivity contribution in [2.45, 2.75) is 31.0 Å². The van der Waals surface area contributed by atoms with E-state index < -0.39 is 24.5 Å². The van der Waals surface area contributed by atoms with Crippen LogP contribution in [0.25, 0.3) is 0 Å². The third-order valence-electron chi connectivity index (χ3n) is 2.09. The molecule has 1 fully saturated rings. The molecule has 72 valence electrons. The van der Waals surface area contributed by atoms with Gasteiger partial charge in [0.05, 0.1) is 24.9 Å². The van der Waals surface area contributed by atoms with E-state index in [1.165, 1.54) is 0 Å². The van der Waals surface area contributed by atoms with Gasteiger partial charge in [0.25, 0.3) is 0 Å². The van der Waals surface area contributed by atoms with Crippen molar-refractivity contribution < 1.29 is 20.1 Å². The van der Waals surface area contributed by atoms with E-state index in [2.05, 4.69) is 5.32 Å². The number of ether oxygens (including phenoxy) is 1. The lowest BCUT2D eigenvalue weighted by molar-refractivity contribution is -0.213. The standard InChI is InChI=1S/C7H15NO4/c1-8-6-5(10)2-4(3-9)12-7(6)11/h4-11H,2-3H2,1H3. The molecule has 1 saturated heterocycles. The Hall–Kier alpha value is -0.200. The molecule has 0 saturated carbocycles. The van der Waals surface area contributed by atoms with Gasteiger partial charge in [0.15, 0.2) is 6.29 Å². The summed E-state index contributed by atoms with van der Waals surface area (Å²) in [7, 11) is 1.64. The molecule has 0 aromatic heterocycles. The van der Waals surface area contributed by atoms with Gasteiger partial charge in [-0.2, -0.15) is 0 Å². The molecule has 0 bridgehead atoms. The largest absolute Gasteiger partial charge is 0.394 e. The van der Waals surface area contributed by atoms with Gasteiger partial charge in [0.1, 0.15) is 0 Å². The summed E-state index contributed by atoms with van der Waals surface area (Å²) in [5, 5.41) is 30.2. The van der Waals surface area contributed by atoms with Crippen molar-refractivity contribution >= 4 is 0 Å². The quantitative estimate of drug-likeness (QED) is 0.393. The van der Waals surface area contributed by atoms with Crippen LogP contribution >= 0.6 is 0 Å². The molecule has 0 aromatic carbocycles. The van der Waals surface area contributed by atoms with E-state index in [4.69, 9.17) is 9.84 Å². The number of aliphatic hydroxyl groups is 3. The van der Waals surface area contributed by atoms with Gasteiger partial charge in [-0.1, -0.05) is 0 Å². The van der Waals surface area contributed by atoms with Crippen molar-refractivity contribution in [1.29, 1.82) is 0 Å². The molecule has 12 heavy (non-hydrogen) atoms. The summed E-state index contributed by atoms with van der Waals surface area (Å²) in [5.74, 6) is 0. The zero-order valence-electron chi connectivity index (χ0n) is 6.97. The van der Waals surface area contributed by atoms with Crippen LogP contribution in [0, 0.1) is 0 Å². The number of hydrogen-bond donors (Lipinski definition) is 4. The van der Waals surface area contributed by atoms with Gasteiger partial charge in [0.2, 0.25) is 0 Å². The molecule has 1 aliphatic rings. The van der Waals surface area contributed by atoms with E-state index >= 15 is 0 Å². The molecule has 0 aromatic rings. The van der Waals surface area contributed by atoms with Gasteiger partial charge in [-0.05, 0) is 7.05 Å². The minimum Gasteiger partial charge on any atom is -0.394 e. The average molecular weight is 177 g/mol. The fourth-order valence-electron chi connectivity index (χ4n) is 1.40. The molecule has 1 heterocycles. The van der Waals surface area contributed by atoms with Crippen LogP contribution in [0.15, 0.2) is 0 Å². The summed E-state index contributed by atoms with van der Waals surface area (Å²) in [6, 6.07) is -0.465. The summed E-state index contributed by atoms with van der Waals surface area (Å²) in [6.07, 6.45) is -1.83. The first-order chi connectivity index (χ1) is 5.69. The van der Waals surface area contributed by atoms with Gasteiger partial charge in [-0.3, -0.25) is 0 Å². The van der Waals surface area contributed by atoms with Crippen molar-refractivity contribution in [2.75, 3.05) is 13.7 Å². The van der Waals surface area contributed by atoms with Gasteiger partial charge >= 0.3 is 0 Å². The molecule has 1 aliphatic heterocycles. The molecule has 5 heteroatoms. The van der Waals surface area contributed by atoms with E-state index in [1.54, 1.807) is 7.05 Å². The van der Waals surface area contributed by atoms with Crippen LogP contribution in [0.2, 0.25) is 0 Å². The Labute approximate surface area is 71.0 Å². The average Bonchev–Trinajstić information content (AvgIpc) is 2.03. The molecule has 1 rings (SSSR count). The fourth-order valence-corrected chi connectivity index (χ4v) is 1.40. The highest BCUT2D eigenvalue weighted by Gasteiger charge is 2.35. The highest BCUT2D eigenvalue weighted by Crippen LogP contribution is 2.18. The second kappa shape index (κ2) is 4.15. The molecule has 0 aliphatic carbocycles. The first-order valence-corrected chi connectivity index (χ1v) is 3.98. The van der Waals surface area contributed by atoms with Crippen LogP contribution in [0.4, 0.5) is 0 Å². The molecular weight excluding hydrogens is 162 g/mol. The van der Waals surface area contributed by atoms with Crippen LogP contribution in [-0.2, 0) is 4.74 Å². The Balaban J connectivity index is 2.51. The van der Waals surface area contributed by atoms with E-state index in [-0.39, 0.29) is 6.61 Å². The van der Waals surface area contributed by atoms with Crippen LogP contribution in [0.1, 0.15) is 6.42 Å². The number of hydrogen-bond acceptors (Lipinski definition) is 5. The molecule has 5 nitrogen and oxygen atoms in total. The predicted molar refractivity (Wildman–Crippen MR) is 41.4 cm³/mol. The number of likely N-dealkylation sites (N-methyl/N-ethyl adjacent to an activating group) is 1. The Bertz CT molecular complexity index is 131. The summed E-state index contributed by atoms with van der Waals surface area (Å²) in [5.41, 5.74) is 0. The topological polar surface area (TPSA) is 82.0 Å². The Morgan fingerprint density at radius 1 is 1.50 bits per heavy atom. The lowest BCUT2D eigenvalue weighted by atomic mass is 10.0. The van der Waals surface area contributed by atoms with Gasteiger partial charge in [-0.25, -0.2) is 0 Å². The summed E-state index contributed by atoms with van der Waals surface area (Å²) in [4.78, 5) is 0. The first-order valence-electron chi connectivity index (χ1n) is 3.98. The Morgan fingerprint density at radius 2 is 2.17 bits per heavy atom. The monoisotopic (exact) mass is 177 g/mol. The highest BCUT2D eigenvalue weighted by molar-refractivity contribution is 4.84. The van der Waals surface area contributed by atoms with E-state index in [0.29, 0.717) is 6.42 Å². The van der Waals surface area contributed by atoms with Crippen molar-refractivity contribution in [1.82, 2.24) is 5.32 Å². The van der Waals surface area contributed by atoms with Crippen molar-refractivity contribution in [2.24, 2.45) is 0 Å². The third kappa shape index (κ3) is 1.94. The second-order valence-corrected chi connectivity index (χ2v) is 2.95. The first kappa shape index (κ1) is 9.88. The maximum atomic E-state index is 9.43. The van der Waals surface area contributed by atoms with Crippen molar-refractivity contribution in [3.8, 4) is 0 Å². The van der Waals surface area contributed by atoms with Crippen LogP contribution < -0.4 is 5.32 Å².